The van der Waals surface area contributed by atoms with Crippen molar-refractivity contribution in [2.75, 3.05) is 6.61 Å². The molecular weight excluding hydrogens is 416 g/mol. The van der Waals surface area contributed by atoms with Crippen LogP contribution in [-0.4, -0.2) is 45.0 Å². The molecule has 0 amide bonds. The van der Waals surface area contributed by atoms with E-state index in [1.165, 1.54) is 29.5 Å². The second kappa shape index (κ2) is 8.50. The first-order valence-corrected chi connectivity index (χ1v) is 16.8. The average Bonchev–Trinajstić information content (AvgIpc) is 3.23. The Labute approximate surface area is 181 Å². The minimum absolute atomic E-state index is 0.102. The number of H-pyrrole nitrogens is 1. The summed E-state index contributed by atoms with van der Waals surface area (Å²) in [4.78, 5) is 26.6. The van der Waals surface area contributed by atoms with E-state index in [1.807, 2.05) is 0 Å². The van der Waals surface area contributed by atoms with Crippen LogP contribution in [0.3, 0.4) is 0 Å². The van der Waals surface area contributed by atoms with E-state index in [4.69, 9.17) is 13.6 Å². The van der Waals surface area contributed by atoms with Crippen molar-refractivity contribution in [2.45, 2.75) is 102 Å². The topological polar surface area (TPSA) is 82.6 Å². The summed E-state index contributed by atoms with van der Waals surface area (Å²) in [5, 5.41) is 0.150. The molecule has 1 unspecified atom stereocenters. The molecule has 30 heavy (non-hydrogen) atoms. The average molecular weight is 455 g/mol. The van der Waals surface area contributed by atoms with Crippen molar-refractivity contribution in [3.8, 4) is 0 Å². The highest BCUT2D eigenvalue weighted by atomic mass is 28.4. The van der Waals surface area contributed by atoms with Gasteiger partial charge in [-0.1, -0.05) is 33.6 Å². The molecule has 1 aromatic rings. The van der Waals surface area contributed by atoms with E-state index in [2.05, 4.69) is 45.4 Å². The lowest BCUT2D eigenvalue weighted by molar-refractivity contribution is -0.0406. The molecule has 1 N–H and O–H groups in total. The Bertz CT molecular complexity index is 862. The normalized spacial score (nSPS) is 27.0. The van der Waals surface area contributed by atoms with Gasteiger partial charge in [-0.15, -0.1) is 0 Å². The fraction of sp³-hybridized carbons (Fsp3) is 0.810. The third-order valence-electron chi connectivity index (χ3n) is 6.47. The van der Waals surface area contributed by atoms with E-state index < -0.39 is 28.6 Å². The van der Waals surface area contributed by atoms with Gasteiger partial charge in [-0.25, -0.2) is 4.79 Å². The Hall–Kier alpha value is -1.01. The molecule has 3 atom stereocenters. The lowest BCUT2D eigenvalue weighted by atomic mass is 10.2. The minimum Gasteiger partial charge on any atom is -0.415 e. The standard InChI is InChI=1S/C21H38N2O5Si2/c1-15-13-23(20(25)22-19(15)24)18-12-16(17(27-18)14-26-29(5,6)7)28-30(21(2,3)4)10-8-9-11-30/h13,16-18H,8-12,14H2,1-7H3,(H,22,24,25)/t16?,17-,18-/m0/s1. The molecule has 2 saturated heterocycles. The van der Waals surface area contributed by atoms with Gasteiger partial charge in [-0.2, -0.15) is 0 Å². The SMILES string of the molecule is Cc1cn([C@@H]2CC(O[Si]3(C(C)(C)C)CCCC3)[C@H](CO[Si](C)(C)C)O2)c(=O)[nH]c1=O. The van der Waals surface area contributed by atoms with Crippen LogP contribution < -0.4 is 11.2 Å². The van der Waals surface area contributed by atoms with Gasteiger partial charge in [0.2, 0.25) is 0 Å². The van der Waals surface area contributed by atoms with Crippen molar-refractivity contribution in [1.82, 2.24) is 9.55 Å². The predicted molar refractivity (Wildman–Crippen MR) is 123 cm³/mol. The molecule has 2 aliphatic heterocycles. The zero-order valence-electron chi connectivity index (χ0n) is 19.5. The first-order valence-electron chi connectivity index (χ1n) is 11.1. The van der Waals surface area contributed by atoms with Crippen LogP contribution in [0.2, 0.25) is 36.8 Å². The van der Waals surface area contributed by atoms with Crippen LogP contribution in [0.25, 0.3) is 0 Å². The van der Waals surface area contributed by atoms with Crippen molar-refractivity contribution < 1.29 is 13.6 Å². The van der Waals surface area contributed by atoms with Gasteiger partial charge in [0.1, 0.15) is 12.3 Å². The quantitative estimate of drug-likeness (QED) is 0.659. The van der Waals surface area contributed by atoms with E-state index in [-0.39, 0.29) is 22.8 Å². The molecule has 2 aliphatic rings. The van der Waals surface area contributed by atoms with Gasteiger partial charge in [0.25, 0.3) is 5.56 Å². The third kappa shape index (κ3) is 5.07. The number of hydrogen-bond acceptors (Lipinski definition) is 5. The highest BCUT2D eigenvalue weighted by Crippen LogP contribution is 2.50. The van der Waals surface area contributed by atoms with Crippen LogP contribution in [0.1, 0.15) is 51.8 Å². The molecule has 0 radical (unpaired) electrons. The fourth-order valence-electron chi connectivity index (χ4n) is 4.56. The summed E-state index contributed by atoms with van der Waals surface area (Å²) < 4.78 is 21.0. The summed E-state index contributed by atoms with van der Waals surface area (Å²) in [5.41, 5.74) is -0.302. The van der Waals surface area contributed by atoms with Crippen LogP contribution in [0.4, 0.5) is 0 Å². The predicted octanol–water partition coefficient (Wildman–Crippen LogP) is 3.91. The Balaban J connectivity index is 1.88. The van der Waals surface area contributed by atoms with E-state index in [9.17, 15) is 9.59 Å². The molecule has 0 aromatic carbocycles. The number of ether oxygens (including phenoxy) is 1. The molecule has 0 saturated carbocycles. The van der Waals surface area contributed by atoms with Crippen molar-refractivity contribution in [2.24, 2.45) is 0 Å². The van der Waals surface area contributed by atoms with Gasteiger partial charge in [-0.3, -0.25) is 14.3 Å². The summed E-state index contributed by atoms with van der Waals surface area (Å²) in [7, 11) is -3.67. The molecule has 1 aromatic heterocycles. The zero-order valence-corrected chi connectivity index (χ0v) is 21.5. The fourth-order valence-corrected chi connectivity index (χ4v) is 10.0. The smallest absolute Gasteiger partial charge is 0.330 e. The highest BCUT2D eigenvalue weighted by Gasteiger charge is 2.52. The number of nitrogens with one attached hydrogen (secondary N) is 1. The second-order valence-electron chi connectivity index (χ2n) is 10.9. The first kappa shape index (κ1) is 23.7. The van der Waals surface area contributed by atoms with Gasteiger partial charge in [0.15, 0.2) is 16.6 Å². The van der Waals surface area contributed by atoms with Crippen LogP contribution in [0.5, 0.6) is 0 Å². The van der Waals surface area contributed by atoms with E-state index >= 15 is 0 Å². The van der Waals surface area contributed by atoms with Gasteiger partial charge in [-0.05, 0) is 43.7 Å². The number of rotatable bonds is 6. The number of aromatic nitrogens is 2. The summed E-state index contributed by atoms with van der Waals surface area (Å²) in [6.45, 7) is 15.6. The molecule has 9 heteroatoms. The molecule has 0 aliphatic carbocycles. The van der Waals surface area contributed by atoms with E-state index in [0.29, 0.717) is 18.6 Å². The largest absolute Gasteiger partial charge is 0.415 e. The number of aryl methyl sites for hydroxylation is 1. The Kier molecular flexibility index (Phi) is 6.70. The summed E-state index contributed by atoms with van der Waals surface area (Å²) in [6, 6.07) is 2.36. The molecule has 0 spiro atoms. The Morgan fingerprint density at radius 1 is 1.23 bits per heavy atom. The second-order valence-corrected chi connectivity index (χ2v) is 20.1. The lowest BCUT2D eigenvalue weighted by Gasteiger charge is -2.42. The van der Waals surface area contributed by atoms with Crippen molar-refractivity contribution in [3.05, 3.63) is 32.6 Å². The van der Waals surface area contributed by atoms with E-state index in [0.717, 1.165) is 0 Å². The van der Waals surface area contributed by atoms with Crippen molar-refractivity contribution in [3.63, 3.8) is 0 Å². The van der Waals surface area contributed by atoms with Crippen molar-refractivity contribution >= 4 is 16.6 Å². The lowest BCUT2D eigenvalue weighted by Crippen LogP contribution is -2.49. The number of aromatic amines is 1. The van der Waals surface area contributed by atoms with Crippen molar-refractivity contribution in [1.29, 1.82) is 0 Å². The molecule has 3 heterocycles. The zero-order chi connectivity index (χ0) is 22.3. The van der Waals surface area contributed by atoms with Gasteiger partial charge >= 0.3 is 5.69 Å². The molecule has 7 nitrogen and oxygen atoms in total. The molecule has 3 rings (SSSR count). The third-order valence-corrected chi connectivity index (χ3v) is 13.3. The minimum atomic E-state index is -1.95. The van der Waals surface area contributed by atoms with E-state index in [1.54, 1.807) is 13.1 Å². The Morgan fingerprint density at radius 3 is 2.43 bits per heavy atom. The van der Waals surface area contributed by atoms with Gasteiger partial charge < -0.3 is 13.6 Å². The summed E-state index contributed by atoms with van der Waals surface area (Å²) in [5.74, 6) is 0. The highest BCUT2D eigenvalue weighted by molar-refractivity contribution is 6.77. The first-order chi connectivity index (χ1) is 13.8. The van der Waals surface area contributed by atoms with Gasteiger partial charge in [0.05, 0.1) is 12.7 Å². The van der Waals surface area contributed by atoms with Crippen LogP contribution in [0.15, 0.2) is 15.8 Å². The number of nitrogens with zero attached hydrogens (tertiary/aromatic N) is 1. The number of hydrogen-bond donors (Lipinski definition) is 1. The van der Waals surface area contributed by atoms with Crippen LogP contribution in [-0.2, 0) is 13.6 Å². The van der Waals surface area contributed by atoms with Crippen LogP contribution in [0, 0.1) is 6.92 Å². The molecular formula is C21H38N2O5Si2. The monoisotopic (exact) mass is 454 g/mol. The maximum Gasteiger partial charge on any atom is 0.330 e. The summed E-state index contributed by atoms with van der Waals surface area (Å²) in [6.07, 6.45) is 3.88. The molecule has 170 valence electrons. The summed E-state index contributed by atoms with van der Waals surface area (Å²) >= 11 is 0. The molecule has 2 fully saturated rings. The maximum absolute atomic E-state index is 12.4. The Morgan fingerprint density at radius 2 is 1.87 bits per heavy atom. The van der Waals surface area contributed by atoms with Crippen LogP contribution >= 0.6 is 0 Å². The maximum atomic E-state index is 12.4. The molecule has 0 bridgehead atoms. The van der Waals surface area contributed by atoms with Gasteiger partial charge in [0, 0.05) is 18.2 Å².